The van der Waals surface area contributed by atoms with Gasteiger partial charge in [0.15, 0.2) is 5.82 Å². The molecule has 0 unspecified atom stereocenters. The van der Waals surface area contributed by atoms with Gasteiger partial charge in [-0.05, 0) is 30.7 Å². The van der Waals surface area contributed by atoms with E-state index < -0.39 is 0 Å². The molecule has 3 heterocycles. The summed E-state index contributed by atoms with van der Waals surface area (Å²) in [6.45, 7) is 2.56. The molecule has 0 fully saturated rings. The molecule has 0 saturated heterocycles. The quantitative estimate of drug-likeness (QED) is 0.519. The van der Waals surface area contributed by atoms with Crippen molar-refractivity contribution in [1.82, 2.24) is 25.1 Å². The molecular formula is C18H17N7. The van der Waals surface area contributed by atoms with Gasteiger partial charge in [-0.3, -0.25) is 10.1 Å². The molecule has 0 radical (unpaired) electrons. The number of aryl methyl sites for hydroxylation is 1. The summed E-state index contributed by atoms with van der Waals surface area (Å²) in [6.07, 6.45) is 3.57. The Labute approximate surface area is 144 Å². The van der Waals surface area contributed by atoms with Crippen LogP contribution in [-0.4, -0.2) is 25.1 Å². The van der Waals surface area contributed by atoms with Gasteiger partial charge in [-0.15, -0.1) is 0 Å². The van der Waals surface area contributed by atoms with Gasteiger partial charge in [0.25, 0.3) is 0 Å². The van der Waals surface area contributed by atoms with Crippen LogP contribution in [0.1, 0.15) is 11.3 Å². The molecule has 0 spiro atoms. The first-order valence-electron chi connectivity index (χ1n) is 7.96. The second-order valence-electron chi connectivity index (χ2n) is 5.69. The zero-order chi connectivity index (χ0) is 17.1. The molecule has 3 N–H and O–H groups in total. The zero-order valence-electron chi connectivity index (χ0n) is 13.7. The molecule has 4 aromatic rings. The van der Waals surface area contributed by atoms with Crippen LogP contribution in [-0.2, 0) is 6.54 Å². The van der Waals surface area contributed by atoms with Gasteiger partial charge in [0.2, 0.25) is 5.95 Å². The number of aromatic nitrogens is 5. The van der Waals surface area contributed by atoms with Gasteiger partial charge in [0.1, 0.15) is 5.82 Å². The molecule has 0 aliphatic carbocycles. The molecule has 3 aromatic heterocycles. The number of H-pyrrole nitrogens is 1. The van der Waals surface area contributed by atoms with Gasteiger partial charge in [0.05, 0.1) is 5.52 Å². The van der Waals surface area contributed by atoms with Crippen molar-refractivity contribution in [3.8, 4) is 0 Å². The maximum absolute atomic E-state index is 4.61. The van der Waals surface area contributed by atoms with Crippen molar-refractivity contribution in [1.29, 1.82) is 0 Å². The number of rotatable bonds is 5. The number of pyridine rings is 1. The van der Waals surface area contributed by atoms with Crippen molar-refractivity contribution in [2.24, 2.45) is 0 Å². The van der Waals surface area contributed by atoms with Crippen molar-refractivity contribution in [3.63, 3.8) is 0 Å². The maximum atomic E-state index is 4.61. The minimum atomic E-state index is 0.553. The molecule has 0 saturated carbocycles. The zero-order valence-corrected chi connectivity index (χ0v) is 13.7. The predicted octanol–water partition coefficient (Wildman–Crippen LogP) is 3.41. The van der Waals surface area contributed by atoms with Crippen LogP contribution in [0.25, 0.3) is 10.9 Å². The second-order valence-corrected chi connectivity index (χ2v) is 5.69. The highest BCUT2D eigenvalue weighted by molar-refractivity contribution is 5.91. The molecule has 0 atom stereocenters. The minimum Gasteiger partial charge on any atom is -0.350 e. The van der Waals surface area contributed by atoms with E-state index in [1.807, 2.05) is 55.6 Å². The monoisotopic (exact) mass is 331 g/mol. The lowest BCUT2D eigenvalue weighted by Crippen LogP contribution is -2.06. The van der Waals surface area contributed by atoms with Gasteiger partial charge in [-0.1, -0.05) is 18.2 Å². The van der Waals surface area contributed by atoms with Gasteiger partial charge < -0.3 is 10.6 Å². The summed E-state index contributed by atoms with van der Waals surface area (Å²) < 4.78 is 0. The van der Waals surface area contributed by atoms with Crippen LogP contribution in [0.5, 0.6) is 0 Å². The summed E-state index contributed by atoms with van der Waals surface area (Å²) in [4.78, 5) is 13.3. The Balaban J connectivity index is 1.65. The average molecular weight is 331 g/mol. The van der Waals surface area contributed by atoms with Crippen LogP contribution < -0.4 is 10.6 Å². The fourth-order valence-corrected chi connectivity index (χ4v) is 2.54. The molecule has 124 valence electrons. The van der Waals surface area contributed by atoms with Crippen molar-refractivity contribution in [2.45, 2.75) is 13.5 Å². The molecule has 0 aliphatic rings. The van der Waals surface area contributed by atoms with Crippen molar-refractivity contribution in [3.05, 3.63) is 66.1 Å². The average Bonchev–Trinajstić information content (AvgIpc) is 3.06. The summed E-state index contributed by atoms with van der Waals surface area (Å²) in [7, 11) is 0. The fraction of sp³-hybridized carbons (Fsp3) is 0.111. The van der Waals surface area contributed by atoms with E-state index in [4.69, 9.17) is 0 Å². The largest absolute Gasteiger partial charge is 0.350 e. The van der Waals surface area contributed by atoms with E-state index in [0.29, 0.717) is 18.3 Å². The van der Waals surface area contributed by atoms with Crippen LogP contribution in [0.15, 0.2) is 54.9 Å². The molecule has 4 rings (SSSR count). The lowest BCUT2D eigenvalue weighted by Gasteiger charge is -2.10. The molecule has 7 heteroatoms. The highest BCUT2D eigenvalue weighted by atomic mass is 15.2. The predicted molar refractivity (Wildman–Crippen MR) is 97.7 cm³/mol. The van der Waals surface area contributed by atoms with Gasteiger partial charge in [-0.2, -0.15) is 10.1 Å². The van der Waals surface area contributed by atoms with Crippen LogP contribution in [0.2, 0.25) is 0 Å². The first-order chi connectivity index (χ1) is 12.3. The highest BCUT2D eigenvalue weighted by Gasteiger charge is 2.09. The van der Waals surface area contributed by atoms with Crippen LogP contribution in [0.3, 0.4) is 0 Å². The Kier molecular flexibility index (Phi) is 3.96. The summed E-state index contributed by atoms with van der Waals surface area (Å²) in [6, 6.07) is 13.7. The van der Waals surface area contributed by atoms with E-state index in [2.05, 4.69) is 35.8 Å². The number of benzene rings is 1. The second kappa shape index (κ2) is 6.56. The van der Waals surface area contributed by atoms with Gasteiger partial charge in [0, 0.05) is 36.1 Å². The Morgan fingerprint density at radius 2 is 2.00 bits per heavy atom. The van der Waals surface area contributed by atoms with Crippen molar-refractivity contribution >= 4 is 28.5 Å². The third-order valence-electron chi connectivity index (χ3n) is 3.73. The summed E-state index contributed by atoms with van der Waals surface area (Å²) in [5.74, 6) is 1.99. The van der Waals surface area contributed by atoms with Gasteiger partial charge >= 0.3 is 0 Å². The Morgan fingerprint density at radius 1 is 1.08 bits per heavy atom. The van der Waals surface area contributed by atoms with E-state index in [1.54, 1.807) is 6.20 Å². The molecule has 0 amide bonds. The normalized spacial score (nSPS) is 10.8. The van der Waals surface area contributed by atoms with E-state index in [9.17, 15) is 0 Å². The number of aromatic amines is 1. The molecule has 0 aliphatic heterocycles. The lowest BCUT2D eigenvalue weighted by atomic mass is 10.2. The van der Waals surface area contributed by atoms with Crippen LogP contribution in [0, 0.1) is 6.92 Å². The standard InChI is InChI=1S/C18H17N7/c1-12-9-16(25-24-12)22-17-14-6-2-3-7-15(14)21-18(23-17)20-11-13-5-4-8-19-10-13/h2-10H,11H2,1H3,(H3,20,21,22,23,24,25). The number of hydrogen-bond acceptors (Lipinski definition) is 6. The molecule has 0 bridgehead atoms. The van der Waals surface area contributed by atoms with Crippen molar-refractivity contribution in [2.75, 3.05) is 10.6 Å². The van der Waals surface area contributed by atoms with Crippen molar-refractivity contribution < 1.29 is 0 Å². The number of nitrogens with zero attached hydrogens (tertiary/aromatic N) is 4. The number of fused-ring (bicyclic) bond motifs is 1. The molecule has 25 heavy (non-hydrogen) atoms. The first kappa shape index (κ1) is 15.1. The summed E-state index contributed by atoms with van der Waals surface area (Å²) in [5, 5.41) is 14.6. The minimum absolute atomic E-state index is 0.553. The third-order valence-corrected chi connectivity index (χ3v) is 3.73. The number of para-hydroxylation sites is 1. The lowest BCUT2D eigenvalue weighted by molar-refractivity contribution is 1.04. The Hall–Kier alpha value is -3.48. The van der Waals surface area contributed by atoms with E-state index in [-0.39, 0.29) is 0 Å². The maximum Gasteiger partial charge on any atom is 0.225 e. The Morgan fingerprint density at radius 3 is 2.80 bits per heavy atom. The highest BCUT2D eigenvalue weighted by Crippen LogP contribution is 2.24. The smallest absolute Gasteiger partial charge is 0.225 e. The fourth-order valence-electron chi connectivity index (χ4n) is 2.54. The summed E-state index contributed by atoms with van der Waals surface area (Å²) in [5.41, 5.74) is 2.91. The molecule has 1 aromatic carbocycles. The summed E-state index contributed by atoms with van der Waals surface area (Å²) >= 11 is 0. The van der Waals surface area contributed by atoms with Crippen LogP contribution in [0.4, 0.5) is 17.6 Å². The van der Waals surface area contributed by atoms with Gasteiger partial charge in [-0.25, -0.2) is 4.98 Å². The van der Waals surface area contributed by atoms with E-state index in [1.165, 1.54) is 0 Å². The topological polar surface area (TPSA) is 91.4 Å². The third kappa shape index (κ3) is 3.40. The number of nitrogens with one attached hydrogen (secondary N) is 3. The van der Waals surface area contributed by atoms with E-state index >= 15 is 0 Å². The first-order valence-corrected chi connectivity index (χ1v) is 7.96. The van der Waals surface area contributed by atoms with Crippen LogP contribution >= 0.6 is 0 Å². The number of anilines is 3. The molecule has 7 nitrogen and oxygen atoms in total. The number of hydrogen-bond donors (Lipinski definition) is 3. The Bertz CT molecular complexity index is 995. The molecular weight excluding hydrogens is 314 g/mol. The SMILES string of the molecule is Cc1cc(Nc2nc(NCc3cccnc3)nc3ccccc23)n[nH]1. The van der Waals surface area contributed by atoms with E-state index in [0.717, 1.165) is 28.0 Å².